The summed E-state index contributed by atoms with van der Waals surface area (Å²) in [5.74, 6) is -4.22. The standard InChI is InChI=1S/C16H23F2N3O4/c1-19-14(25)20(13(24)15(19)5-3-2-4-6-15)8-12(23)21-10-16(17,18)7-11(21)9-22/h11,22H,2-10H2,1H3. The molecule has 1 spiro atoms. The van der Waals surface area contributed by atoms with E-state index in [0.29, 0.717) is 12.8 Å². The van der Waals surface area contributed by atoms with Gasteiger partial charge < -0.3 is 14.9 Å². The van der Waals surface area contributed by atoms with Gasteiger partial charge in [-0.15, -0.1) is 0 Å². The Kier molecular flexibility index (Phi) is 4.47. The van der Waals surface area contributed by atoms with E-state index >= 15 is 0 Å². The molecule has 7 nitrogen and oxygen atoms in total. The Bertz CT molecular complexity index is 592. The van der Waals surface area contributed by atoms with E-state index in [2.05, 4.69) is 0 Å². The van der Waals surface area contributed by atoms with Crippen molar-refractivity contribution in [3.8, 4) is 0 Å². The van der Waals surface area contributed by atoms with Gasteiger partial charge in [-0.05, 0) is 12.8 Å². The van der Waals surface area contributed by atoms with Crippen molar-refractivity contribution in [1.29, 1.82) is 0 Å². The molecule has 4 amide bonds. The molecule has 3 fully saturated rings. The van der Waals surface area contributed by atoms with Crippen molar-refractivity contribution < 1.29 is 28.3 Å². The molecule has 0 radical (unpaired) electrons. The summed E-state index contributed by atoms with van der Waals surface area (Å²) in [5, 5.41) is 9.24. The van der Waals surface area contributed by atoms with Crippen molar-refractivity contribution in [3.63, 3.8) is 0 Å². The average Bonchev–Trinajstić information content (AvgIpc) is 2.99. The molecule has 2 heterocycles. The normalized spacial score (nSPS) is 28.3. The van der Waals surface area contributed by atoms with E-state index in [1.54, 1.807) is 7.05 Å². The highest BCUT2D eigenvalue weighted by atomic mass is 19.3. The molecule has 1 unspecified atom stereocenters. The minimum absolute atomic E-state index is 0.417. The van der Waals surface area contributed by atoms with Crippen LogP contribution >= 0.6 is 0 Å². The maximum absolute atomic E-state index is 13.5. The second-order valence-corrected chi connectivity index (χ2v) is 7.24. The van der Waals surface area contributed by atoms with Crippen LogP contribution in [0, 0.1) is 0 Å². The molecular weight excluding hydrogens is 336 g/mol. The first-order valence-corrected chi connectivity index (χ1v) is 8.60. The molecule has 3 aliphatic rings. The molecule has 25 heavy (non-hydrogen) atoms. The zero-order valence-electron chi connectivity index (χ0n) is 14.2. The fourth-order valence-corrected chi connectivity index (χ4v) is 4.25. The van der Waals surface area contributed by atoms with E-state index < -0.39 is 61.5 Å². The molecule has 9 heteroatoms. The van der Waals surface area contributed by atoms with Crippen LogP contribution in [0.1, 0.15) is 38.5 Å². The zero-order valence-corrected chi connectivity index (χ0v) is 14.2. The molecule has 2 saturated heterocycles. The summed E-state index contributed by atoms with van der Waals surface area (Å²) in [5.41, 5.74) is -0.902. The number of likely N-dealkylation sites (tertiary alicyclic amines) is 1. The predicted octanol–water partition coefficient (Wildman–Crippen LogP) is 0.812. The Morgan fingerprint density at radius 2 is 1.88 bits per heavy atom. The predicted molar refractivity (Wildman–Crippen MR) is 82.8 cm³/mol. The third kappa shape index (κ3) is 2.88. The average molecular weight is 359 g/mol. The van der Waals surface area contributed by atoms with Crippen LogP contribution < -0.4 is 0 Å². The Morgan fingerprint density at radius 1 is 1.24 bits per heavy atom. The number of hydrogen-bond donors (Lipinski definition) is 1. The van der Waals surface area contributed by atoms with Gasteiger partial charge in [-0.1, -0.05) is 19.3 Å². The maximum atomic E-state index is 13.5. The number of amides is 4. The Morgan fingerprint density at radius 3 is 2.48 bits per heavy atom. The third-order valence-electron chi connectivity index (χ3n) is 5.69. The number of likely N-dealkylation sites (N-methyl/N-ethyl adjacent to an activating group) is 1. The largest absolute Gasteiger partial charge is 0.394 e. The van der Waals surface area contributed by atoms with Crippen LogP contribution in [0.15, 0.2) is 0 Å². The molecule has 1 atom stereocenters. The van der Waals surface area contributed by atoms with Crippen molar-refractivity contribution in [2.24, 2.45) is 0 Å². The SMILES string of the molecule is CN1C(=O)N(CC(=O)N2CC(F)(F)CC2CO)C(=O)C12CCCCC2. The van der Waals surface area contributed by atoms with Crippen LogP contribution in [-0.2, 0) is 9.59 Å². The number of halogens is 2. The highest BCUT2D eigenvalue weighted by Gasteiger charge is 2.56. The molecule has 2 aliphatic heterocycles. The summed E-state index contributed by atoms with van der Waals surface area (Å²) < 4.78 is 27.1. The first kappa shape index (κ1) is 18.0. The lowest BCUT2D eigenvalue weighted by Crippen LogP contribution is -2.50. The number of rotatable bonds is 3. The van der Waals surface area contributed by atoms with Gasteiger partial charge in [0.1, 0.15) is 12.1 Å². The highest BCUT2D eigenvalue weighted by molar-refractivity contribution is 6.09. The summed E-state index contributed by atoms with van der Waals surface area (Å²) in [6.45, 7) is -1.93. The number of nitrogens with zero attached hydrogens (tertiary/aromatic N) is 3. The molecule has 0 aromatic rings. The fraction of sp³-hybridized carbons (Fsp3) is 0.812. The number of carbonyl (C=O) groups is 3. The van der Waals surface area contributed by atoms with Gasteiger partial charge in [0.15, 0.2) is 0 Å². The number of urea groups is 1. The van der Waals surface area contributed by atoms with Gasteiger partial charge in [0.2, 0.25) is 5.91 Å². The molecule has 3 rings (SSSR count). The topological polar surface area (TPSA) is 81.2 Å². The van der Waals surface area contributed by atoms with Crippen LogP contribution in [0.4, 0.5) is 13.6 Å². The lowest BCUT2D eigenvalue weighted by Gasteiger charge is -2.35. The second-order valence-electron chi connectivity index (χ2n) is 7.24. The lowest BCUT2D eigenvalue weighted by atomic mass is 9.81. The quantitative estimate of drug-likeness (QED) is 0.756. The third-order valence-corrected chi connectivity index (χ3v) is 5.69. The second kappa shape index (κ2) is 6.19. The van der Waals surface area contributed by atoms with Crippen LogP contribution in [0.5, 0.6) is 0 Å². The Hall–Kier alpha value is -1.77. The summed E-state index contributed by atoms with van der Waals surface area (Å²) in [7, 11) is 1.55. The van der Waals surface area contributed by atoms with Crippen LogP contribution in [0.2, 0.25) is 0 Å². The van der Waals surface area contributed by atoms with E-state index in [4.69, 9.17) is 0 Å². The van der Waals surface area contributed by atoms with Crippen LogP contribution in [0.3, 0.4) is 0 Å². The molecule has 1 aliphatic carbocycles. The van der Waals surface area contributed by atoms with Gasteiger partial charge in [-0.25, -0.2) is 13.6 Å². The van der Waals surface area contributed by atoms with Crippen LogP contribution in [0.25, 0.3) is 0 Å². The van der Waals surface area contributed by atoms with Crippen molar-refractivity contribution in [2.45, 2.75) is 56.0 Å². The highest BCUT2D eigenvalue weighted by Crippen LogP contribution is 2.39. The number of imide groups is 1. The number of carbonyl (C=O) groups excluding carboxylic acids is 3. The zero-order chi connectivity index (χ0) is 18.4. The molecule has 0 aromatic carbocycles. The first-order chi connectivity index (χ1) is 11.7. The summed E-state index contributed by atoms with van der Waals surface area (Å²) >= 11 is 0. The van der Waals surface area contributed by atoms with Crippen molar-refractivity contribution in [1.82, 2.24) is 14.7 Å². The maximum Gasteiger partial charge on any atom is 0.327 e. The number of aliphatic hydroxyl groups excluding tert-OH is 1. The minimum Gasteiger partial charge on any atom is -0.394 e. The molecular formula is C16H23F2N3O4. The van der Waals surface area contributed by atoms with E-state index in [0.717, 1.165) is 29.1 Å². The van der Waals surface area contributed by atoms with E-state index in [-0.39, 0.29) is 0 Å². The minimum atomic E-state index is -3.07. The summed E-state index contributed by atoms with van der Waals surface area (Å²) in [6.07, 6.45) is 3.16. The number of hydrogen-bond acceptors (Lipinski definition) is 4. The van der Waals surface area contributed by atoms with E-state index in [1.807, 2.05) is 0 Å². The number of alkyl halides is 2. The number of aliphatic hydroxyl groups is 1. The van der Waals surface area contributed by atoms with Crippen LogP contribution in [-0.4, -0.2) is 81.9 Å². The van der Waals surface area contributed by atoms with Gasteiger partial charge in [0.25, 0.3) is 11.8 Å². The van der Waals surface area contributed by atoms with Gasteiger partial charge in [-0.3, -0.25) is 14.5 Å². The van der Waals surface area contributed by atoms with Crippen molar-refractivity contribution in [3.05, 3.63) is 0 Å². The van der Waals surface area contributed by atoms with E-state index in [9.17, 15) is 28.3 Å². The van der Waals surface area contributed by atoms with Crippen molar-refractivity contribution >= 4 is 17.8 Å². The smallest absolute Gasteiger partial charge is 0.327 e. The Balaban J connectivity index is 1.75. The monoisotopic (exact) mass is 359 g/mol. The molecule has 140 valence electrons. The molecule has 1 N–H and O–H groups in total. The summed E-state index contributed by atoms with van der Waals surface area (Å²) in [4.78, 5) is 40.9. The van der Waals surface area contributed by atoms with Gasteiger partial charge in [0.05, 0.1) is 19.2 Å². The lowest BCUT2D eigenvalue weighted by molar-refractivity contribution is -0.141. The van der Waals surface area contributed by atoms with Gasteiger partial charge >= 0.3 is 6.03 Å². The summed E-state index contributed by atoms with van der Waals surface area (Å²) in [6, 6.07) is -1.55. The van der Waals surface area contributed by atoms with Gasteiger partial charge in [0, 0.05) is 13.5 Å². The Labute approximate surface area is 144 Å². The molecule has 0 bridgehead atoms. The molecule has 1 saturated carbocycles. The molecule has 0 aromatic heterocycles. The first-order valence-electron chi connectivity index (χ1n) is 8.60. The fourth-order valence-electron chi connectivity index (χ4n) is 4.25. The van der Waals surface area contributed by atoms with E-state index in [1.165, 1.54) is 4.90 Å². The van der Waals surface area contributed by atoms with Gasteiger partial charge in [-0.2, -0.15) is 0 Å². The van der Waals surface area contributed by atoms with Crippen molar-refractivity contribution in [2.75, 3.05) is 26.7 Å².